The van der Waals surface area contributed by atoms with Crippen LogP contribution >= 0.6 is 0 Å². The van der Waals surface area contributed by atoms with E-state index >= 15 is 0 Å². The van der Waals surface area contributed by atoms with E-state index in [4.69, 9.17) is 11.5 Å². The van der Waals surface area contributed by atoms with Crippen LogP contribution in [0.25, 0.3) is 0 Å². The molecule has 0 saturated heterocycles. The fourth-order valence-corrected chi connectivity index (χ4v) is 0.910. The molecule has 4 heteroatoms. The van der Waals surface area contributed by atoms with Gasteiger partial charge in [-0.05, 0) is 18.6 Å². The Labute approximate surface area is 83.5 Å². The summed E-state index contributed by atoms with van der Waals surface area (Å²) >= 11 is 0. The predicted octanol–water partition coefficient (Wildman–Crippen LogP) is 1.41. The summed E-state index contributed by atoms with van der Waals surface area (Å²) < 4.78 is 0. The first-order chi connectivity index (χ1) is 6.52. The van der Waals surface area contributed by atoms with E-state index in [2.05, 4.69) is 0 Å². The Kier molecular flexibility index (Phi) is 4.49. The number of aromatic hydroxyl groups is 1. The Morgan fingerprint density at radius 2 is 1.86 bits per heavy atom. The number of carbonyl (C=O) groups excluding carboxylic acids is 1. The van der Waals surface area contributed by atoms with Crippen molar-refractivity contribution in [3.8, 4) is 5.75 Å². The van der Waals surface area contributed by atoms with E-state index in [9.17, 15) is 9.90 Å². The van der Waals surface area contributed by atoms with Gasteiger partial charge in [0.05, 0.1) is 5.56 Å². The second-order valence-corrected chi connectivity index (χ2v) is 2.59. The summed E-state index contributed by atoms with van der Waals surface area (Å²) in [5.74, 6) is -0.832. The summed E-state index contributed by atoms with van der Waals surface area (Å²) in [6, 6.07) is 2.78. The van der Waals surface area contributed by atoms with E-state index < -0.39 is 5.91 Å². The van der Waals surface area contributed by atoms with Crippen LogP contribution < -0.4 is 11.5 Å². The second-order valence-electron chi connectivity index (χ2n) is 2.59. The van der Waals surface area contributed by atoms with Gasteiger partial charge in [0.1, 0.15) is 5.75 Å². The van der Waals surface area contributed by atoms with E-state index in [1.54, 1.807) is 6.92 Å². The van der Waals surface area contributed by atoms with Crippen molar-refractivity contribution in [2.75, 3.05) is 5.73 Å². The topological polar surface area (TPSA) is 89.3 Å². The van der Waals surface area contributed by atoms with Gasteiger partial charge in [0.2, 0.25) is 0 Å². The molecule has 0 heterocycles. The van der Waals surface area contributed by atoms with Crippen LogP contribution in [-0.4, -0.2) is 11.0 Å². The average Bonchev–Trinajstić information content (AvgIpc) is 2.14. The third-order valence-corrected chi connectivity index (χ3v) is 1.65. The molecule has 0 bridgehead atoms. The maximum absolute atomic E-state index is 10.7. The van der Waals surface area contributed by atoms with Gasteiger partial charge >= 0.3 is 0 Å². The highest BCUT2D eigenvalue weighted by molar-refractivity contribution is 5.96. The van der Waals surface area contributed by atoms with Crippen LogP contribution in [0.3, 0.4) is 0 Å². The van der Waals surface area contributed by atoms with Crippen LogP contribution in [0.2, 0.25) is 0 Å². The van der Waals surface area contributed by atoms with Gasteiger partial charge in [-0.3, -0.25) is 4.79 Å². The van der Waals surface area contributed by atoms with E-state index in [1.165, 1.54) is 12.1 Å². The zero-order valence-corrected chi connectivity index (χ0v) is 8.66. The van der Waals surface area contributed by atoms with E-state index in [0.717, 1.165) is 5.56 Å². The molecule has 14 heavy (non-hydrogen) atoms. The fourth-order valence-electron chi connectivity index (χ4n) is 0.910. The summed E-state index contributed by atoms with van der Waals surface area (Å²) in [5, 5.41) is 9.21. The molecule has 0 aliphatic heterocycles. The van der Waals surface area contributed by atoms with Crippen molar-refractivity contribution in [1.82, 2.24) is 0 Å². The van der Waals surface area contributed by atoms with Gasteiger partial charge in [0, 0.05) is 11.8 Å². The molecule has 0 spiro atoms. The Morgan fingerprint density at radius 3 is 2.29 bits per heavy atom. The molecule has 78 valence electrons. The summed E-state index contributed by atoms with van der Waals surface area (Å²) in [7, 11) is 0. The van der Waals surface area contributed by atoms with Crippen LogP contribution in [0.15, 0.2) is 12.1 Å². The van der Waals surface area contributed by atoms with Crippen LogP contribution in [0.5, 0.6) is 5.75 Å². The number of nitrogen functional groups attached to an aromatic ring is 1. The Morgan fingerprint density at radius 1 is 1.36 bits per heavy atom. The molecule has 0 saturated carbocycles. The van der Waals surface area contributed by atoms with E-state index in [-0.39, 0.29) is 11.3 Å². The van der Waals surface area contributed by atoms with Crippen molar-refractivity contribution in [1.29, 1.82) is 0 Å². The third kappa shape index (κ3) is 2.65. The molecule has 0 aliphatic carbocycles. The van der Waals surface area contributed by atoms with Gasteiger partial charge in [-0.2, -0.15) is 0 Å². The Bertz CT molecular complexity index is 335. The molecule has 1 amide bonds. The van der Waals surface area contributed by atoms with Gasteiger partial charge in [-0.15, -0.1) is 0 Å². The molecule has 1 aromatic rings. The van der Waals surface area contributed by atoms with Crippen molar-refractivity contribution < 1.29 is 9.90 Å². The van der Waals surface area contributed by atoms with Crippen molar-refractivity contribution in [2.45, 2.75) is 20.8 Å². The first-order valence-electron chi connectivity index (χ1n) is 4.41. The highest BCUT2D eigenvalue weighted by Gasteiger charge is 2.08. The second kappa shape index (κ2) is 5.11. The number of benzene rings is 1. The smallest absolute Gasteiger partial charge is 0.252 e. The minimum atomic E-state index is -0.657. The molecule has 0 unspecified atom stereocenters. The average molecular weight is 196 g/mol. The van der Waals surface area contributed by atoms with Crippen LogP contribution in [-0.2, 0) is 0 Å². The number of aryl methyl sites for hydroxylation is 1. The van der Waals surface area contributed by atoms with Crippen molar-refractivity contribution in [2.24, 2.45) is 5.73 Å². The first kappa shape index (κ1) is 12.3. The zero-order valence-electron chi connectivity index (χ0n) is 8.66. The maximum Gasteiger partial charge on any atom is 0.252 e. The first-order valence-corrected chi connectivity index (χ1v) is 4.41. The third-order valence-electron chi connectivity index (χ3n) is 1.65. The number of amides is 1. The highest BCUT2D eigenvalue weighted by Crippen LogP contribution is 2.22. The molecule has 0 fully saturated rings. The van der Waals surface area contributed by atoms with Crippen molar-refractivity contribution in [3.63, 3.8) is 0 Å². The molecule has 0 aliphatic rings. The van der Waals surface area contributed by atoms with Crippen LogP contribution in [0, 0.1) is 6.92 Å². The van der Waals surface area contributed by atoms with E-state index in [0.29, 0.717) is 5.69 Å². The fraction of sp³-hybridized carbons (Fsp3) is 0.300. The number of nitrogens with two attached hydrogens (primary N) is 2. The van der Waals surface area contributed by atoms with E-state index in [1.807, 2.05) is 13.8 Å². The highest BCUT2D eigenvalue weighted by atomic mass is 16.3. The summed E-state index contributed by atoms with van der Waals surface area (Å²) in [6.45, 7) is 5.74. The molecule has 5 N–H and O–H groups in total. The minimum Gasteiger partial charge on any atom is -0.507 e. The number of carbonyl (C=O) groups is 1. The molecular weight excluding hydrogens is 180 g/mol. The number of hydrogen-bond acceptors (Lipinski definition) is 3. The summed E-state index contributed by atoms with van der Waals surface area (Å²) in [6.07, 6.45) is 0. The number of hydrogen-bond donors (Lipinski definition) is 3. The number of anilines is 1. The Balaban J connectivity index is 0.000000791. The van der Waals surface area contributed by atoms with Crippen LogP contribution in [0.1, 0.15) is 29.8 Å². The largest absolute Gasteiger partial charge is 0.507 e. The van der Waals surface area contributed by atoms with Crippen LogP contribution in [0.4, 0.5) is 5.69 Å². The molecule has 0 aromatic heterocycles. The molecular formula is C10H16N2O2. The van der Waals surface area contributed by atoms with Crippen molar-refractivity contribution in [3.05, 3.63) is 23.3 Å². The standard InChI is InChI=1S/C8H10N2O2.C2H6/c1-4-2-5(8(10)12)7(11)3-6(4)9;1-2/h2-3,11H,9H2,1H3,(H2,10,12);1-2H3. The normalized spacial score (nSPS) is 8.79. The lowest BCUT2D eigenvalue weighted by atomic mass is 10.1. The molecule has 4 nitrogen and oxygen atoms in total. The van der Waals surface area contributed by atoms with Gasteiger partial charge in [0.25, 0.3) is 5.91 Å². The van der Waals surface area contributed by atoms with Gasteiger partial charge in [0.15, 0.2) is 0 Å². The number of rotatable bonds is 1. The molecule has 1 rings (SSSR count). The molecule has 1 aromatic carbocycles. The molecule has 0 atom stereocenters. The monoisotopic (exact) mass is 196 g/mol. The lowest BCUT2D eigenvalue weighted by Gasteiger charge is -2.04. The zero-order chi connectivity index (χ0) is 11.3. The minimum absolute atomic E-state index is 0.0988. The lowest BCUT2D eigenvalue weighted by Crippen LogP contribution is -2.11. The van der Waals surface area contributed by atoms with Gasteiger partial charge in [-0.1, -0.05) is 13.8 Å². The number of primary amides is 1. The maximum atomic E-state index is 10.7. The van der Waals surface area contributed by atoms with Crippen molar-refractivity contribution >= 4 is 11.6 Å². The Hall–Kier alpha value is -1.71. The summed E-state index contributed by atoms with van der Waals surface area (Å²) in [5.41, 5.74) is 11.7. The summed E-state index contributed by atoms with van der Waals surface area (Å²) in [4.78, 5) is 10.7. The lowest BCUT2D eigenvalue weighted by molar-refractivity contribution is 0.0997. The quantitative estimate of drug-likeness (QED) is 0.593. The number of phenols is 1. The predicted molar refractivity (Wildman–Crippen MR) is 57.1 cm³/mol. The van der Waals surface area contributed by atoms with Gasteiger partial charge in [-0.25, -0.2) is 0 Å². The van der Waals surface area contributed by atoms with Gasteiger partial charge < -0.3 is 16.6 Å². The molecule has 0 radical (unpaired) electrons. The SMILES string of the molecule is CC.Cc1cc(C(N)=O)c(O)cc1N.